The van der Waals surface area contributed by atoms with Crippen LogP contribution in [0.1, 0.15) is 152 Å². The van der Waals surface area contributed by atoms with E-state index in [1.807, 2.05) is 6.07 Å². The molecule has 3 aliphatic carbocycles. The van der Waals surface area contributed by atoms with Gasteiger partial charge in [-0.05, 0) is 97.9 Å². The van der Waals surface area contributed by atoms with Crippen molar-refractivity contribution in [3.05, 3.63) is 76.4 Å². The first-order valence-electron chi connectivity index (χ1n) is 24.5. The van der Waals surface area contributed by atoms with E-state index in [0.717, 1.165) is 74.5 Å². The van der Waals surface area contributed by atoms with Crippen LogP contribution in [0, 0.1) is 22.7 Å². The number of hydroxylamine groups is 2. The molecule has 12 heteroatoms. The lowest BCUT2D eigenvalue weighted by atomic mass is 9.52. The number of aliphatic hydroxyl groups is 1. The predicted molar refractivity (Wildman–Crippen MR) is 241 cm³/mol. The van der Waals surface area contributed by atoms with Crippen LogP contribution in [0.2, 0.25) is 0 Å². The topological polar surface area (TPSA) is 148 Å². The highest BCUT2D eigenvalue weighted by Gasteiger charge is 2.76. The van der Waals surface area contributed by atoms with Gasteiger partial charge < -0.3 is 34.7 Å². The molecule has 0 aromatic heterocycles. The molecule has 348 valence electrons. The Balaban J connectivity index is 1.01. The second-order valence-electron chi connectivity index (χ2n) is 20.9. The van der Waals surface area contributed by atoms with Crippen LogP contribution in [0.25, 0.3) is 6.08 Å². The van der Waals surface area contributed by atoms with Crippen LogP contribution in [-0.2, 0) is 46.5 Å². The Bertz CT molecular complexity index is 2080. The van der Waals surface area contributed by atoms with Crippen LogP contribution < -0.4 is 10.6 Å². The van der Waals surface area contributed by atoms with Crippen molar-refractivity contribution in [2.75, 3.05) is 13.2 Å². The summed E-state index contributed by atoms with van der Waals surface area (Å²) in [5.74, 6) is -0.779. The highest BCUT2D eigenvalue weighted by Crippen LogP contribution is 2.61. The number of fused-ring (bicyclic) bond motifs is 6. The standard InChI is InChI=1S/C52H71N3O9/c1-6-8-10-21-51(22-11-9-7-2)62-42-40-30-52(48(59)54-31-34-15-13-17-37(28-34)46(57)53-24-25-56)44(47(58)60-40)55(64-45(52)43(42)63-51)32-35-16-12-14-33(26-35)27-36-18-19-41-50(5,61-41)23-20-39-38(36)29-49(39,3)4/h12-17,26-28,38-45,56H,6-11,18-25,29-32H2,1-5H3,(H,53,57)(H,54,59). The van der Waals surface area contributed by atoms with E-state index in [-0.39, 0.29) is 50.1 Å². The van der Waals surface area contributed by atoms with Gasteiger partial charge in [-0.25, -0.2) is 0 Å². The molecule has 10 atom stereocenters. The lowest BCUT2D eigenvalue weighted by molar-refractivity contribution is -0.224. The number of nitrogens with zero attached hydrogens (tertiary/aromatic N) is 1. The average molecular weight is 882 g/mol. The molecule has 12 nitrogen and oxygen atoms in total. The number of epoxide rings is 1. The maximum Gasteiger partial charge on any atom is 0.327 e. The number of rotatable bonds is 17. The van der Waals surface area contributed by atoms with Gasteiger partial charge >= 0.3 is 5.97 Å². The average Bonchev–Trinajstić information content (AvgIpc) is 3.55. The van der Waals surface area contributed by atoms with Crippen molar-refractivity contribution in [2.45, 2.75) is 186 Å². The minimum atomic E-state index is -1.33. The van der Waals surface area contributed by atoms with E-state index in [1.165, 1.54) is 18.4 Å². The number of benzene rings is 2. The first kappa shape index (κ1) is 45.5. The second-order valence-corrected chi connectivity index (χ2v) is 20.9. The summed E-state index contributed by atoms with van der Waals surface area (Å²) >= 11 is 0. The summed E-state index contributed by atoms with van der Waals surface area (Å²) in [7, 11) is 0. The molecule has 9 rings (SSSR count). The van der Waals surface area contributed by atoms with Gasteiger partial charge in [-0.2, -0.15) is 5.06 Å². The molecule has 4 saturated heterocycles. The van der Waals surface area contributed by atoms with E-state index < -0.39 is 47.6 Å². The van der Waals surface area contributed by atoms with E-state index >= 15 is 4.79 Å². The van der Waals surface area contributed by atoms with Crippen LogP contribution in [0.5, 0.6) is 0 Å². The fourth-order valence-corrected chi connectivity index (χ4v) is 12.5. The number of carbonyl (C=O) groups is 3. The normalized spacial score (nSPS) is 34.8. The number of unbranched alkanes of at least 4 members (excludes halogenated alkanes) is 4. The molecule has 2 aromatic carbocycles. The Kier molecular flexibility index (Phi) is 12.9. The van der Waals surface area contributed by atoms with Gasteiger partial charge in [-0.1, -0.05) is 101 Å². The summed E-state index contributed by atoms with van der Waals surface area (Å²) in [5, 5.41) is 16.8. The van der Waals surface area contributed by atoms with E-state index in [9.17, 15) is 14.7 Å². The Morgan fingerprint density at radius 2 is 1.64 bits per heavy atom. The fraction of sp³-hybridized carbons (Fsp3) is 0.673. The zero-order valence-corrected chi connectivity index (χ0v) is 38.7. The molecule has 0 radical (unpaired) electrons. The minimum Gasteiger partial charge on any atom is -0.458 e. The van der Waals surface area contributed by atoms with Gasteiger partial charge in [-0.15, -0.1) is 0 Å². The van der Waals surface area contributed by atoms with Gasteiger partial charge in [0.1, 0.15) is 29.8 Å². The number of hydrogen-bond donors (Lipinski definition) is 3. The number of amides is 2. The summed E-state index contributed by atoms with van der Waals surface area (Å²) in [6, 6.07) is 14.5. The third-order valence-electron chi connectivity index (χ3n) is 16.1. The lowest BCUT2D eigenvalue weighted by Crippen LogP contribution is -2.69. The molecular formula is C52H71N3O9. The number of esters is 1. The van der Waals surface area contributed by atoms with Gasteiger partial charge in [0, 0.05) is 37.9 Å². The van der Waals surface area contributed by atoms with Crippen molar-refractivity contribution in [3.63, 3.8) is 0 Å². The number of carbonyl (C=O) groups excluding carboxylic acids is 3. The SMILES string of the molecule is CCCCCC1(CCCCC)OC2C3CC4(C(=O)NCc5cccc(C(=O)NCCO)c5)C(ON(Cc5cccc(C=C6CCC7OC7(C)CCC7C6CC7(C)C)c5)C4C(=O)O3)C2O1. The van der Waals surface area contributed by atoms with E-state index in [4.69, 9.17) is 23.8 Å². The molecule has 3 N–H and O–H groups in total. The van der Waals surface area contributed by atoms with Gasteiger partial charge in [0.15, 0.2) is 11.8 Å². The minimum absolute atomic E-state index is 0.0262. The monoisotopic (exact) mass is 882 g/mol. The molecule has 64 heavy (non-hydrogen) atoms. The highest BCUT2D eigenvalue weighted by atomic mass is 16.8. The van der Waals surface area contributed by atoms with Crippen molar-refractivity contribution in [3.8, 4) is 0 Å². The zero-order valence-electron chi connectivity index (χ0n) is 38.7. The summed E-state index contributed by atoms with van der Waals surface area (Å²) in [4.78, 5) is 49.3. The molecule has 2 amide bonds. The molecule has 10 unspecified atom stereocenters. The first-order chi connectivity index (χ1) is 30.8. The number of ether oxygens (including phenoxy) is 4. The van der Waals surface area contributed by atoms with Crippen LogP contribution in [-0.4, -0.2) is 89.1 Å². The van der Waals surface area contributed by atoms with E-state index in [2.05, 4.69) is 75.6 Å². The van der Waals surface area contributed by atoms with Crippen molar-refractivity contribution in [2.24, 2.45) is 22.7 Å². The Labute approximate surface area is 379 Å². The fourth-order valence-electron chi connectivity index (χ4n) is 12.5. The first-order valence-corrected chi connectivity index (χ1v) is 24.5. The molecular weight excluding hydrogens is 811 g/mol. The van der Waals surface area contributed by atoms with Crippen molar-refractivity contribution >= 4 is 23.9 Å². The van der Waals surface area contributed by atoms with Gasteiger partial charge in [0.25, 0.3) is 5.91 Å². The number of hydrogen-bond acceptors (Lipinski definition) is 10. The van der Waals surface area contributed by atoms with Crippen LogP contribution in [0.15, 0.2) is 54.1 Å². The van der Waals surface area contributed by atoms with Crippen molar-refractivity contribution < 1.29 is 43.3 Å². The largest absolute Gasteiger partial charge is 0.458 e. The van der Waals surface area contributed by atoms with Gasteiger partial charge in [-0.3, -0.25) is 19.2 Å². The molecule has 4 aliphatic heterocycles. The van der Waals surface area contributed by atoms with Crippen molar-refractivity contribution in [1.82, 2.24) is 15.7 Å². The van der Waals surface area contributed by atoms with Crippen LogP contribution in [0.3, 0.4) is 0 Å². The Morgan fingerprint density at radius 1 is 0.891 bits per heavy atom. The Morgan fingerprint density at radius 3 is 2.39 bits per heavy atom. The molecule has 0 spiro atoms. The zero-order chi connectivity index (χ0) is 44.9. The van der Waals surface area contributed by atoms with Crippen LogP contribution >= 0.6 is 0 Å². The highest BCUT2D eigenvalue weighted by molar-refractivity contribution is 5.95. The maximum absolute atomic E-state index is 15.1. The number of nitrogens with one attached hydrogen (secondary N) is 2. The molecule has 2 bridgehead atoms. The van der Waals surface area contributed by atoms with Crippen LogP contribution in [0.4, 0.5) is 0 Å². The third kappa shape index (κ3) is 8.60. The number of allylic oxidation sites excluding steroid dienone is 1. The molecule has 7 fully saturated rings. The molecule has 2 aromatic rings. The maximum atomic E-state index is 15.1. The predicted octanol–water partition coefficient (Wildman–Crippen LogP) is 7.94. The Hall–Kier alpha value is -3.65. The van der Waals surface area contributed by atoms with Gasteiger partial charge in [0.05, 0.1) is 24.9 Å². The molecule has 3 saturated carbocycles. The molecule has 7 aliphatic rings. The third-order valence-corrected chi connectivity index (χ3v) is 16.1. The van der Waals surface area contributed by atoms with E-state index in [1.54, 1.807) is 23.3 Å². The second kappa shape index (κ2) is 18.2. The lowest BCUT2D eigenvalue weighted by Gasteiger charge is -2.53. The van der Waals surface area contributed by atoms with Crippen molar-refractivity contribution in [1.29, 1.82) is 0 Å². The van der Waals surface area contributed by atoms with E-state index in [0.29, 0.717) is 41.8 Å². The summed E-state index contributed by atoms with van der Waals surface area (Å²) < 4.78 is 26.6. The van der Waals surface area contributed by atoms with Gasteiger partial charge in [0.2, 0.25) is 5.91 Å². The summed E-state index contributed by atoms with van der Waals surface area (Å²) in [6.45, 7) is 11.9. The number of aliphatic hydroxyl groups excluding tert-OH is 1. The smallest absolute Gasteiger partial charge is 0.327 e. The summed E-state index contributed by atoms with van der Waals surface area (Å²) in [6.07, 6.45) is 13.4. The summed E-state index contributed by atoms with van der Waals surface area (Å²) in [5.41, 5.74) is 3.75. The molecule has 4 heterocycles. The quantitative estimate of drug-likeness (QED) is 0.0813.